The number of fused-ring (bicyclic) bond motifs is 1. The zero-order valence-corrected chi connectivity index (χ0v) is 19.4. The molecule has 1 aliphatic rings. The number of amides is 1. The smallest absolute Gasteiger partial charge is 0.321 e. The van der Waals surface area contributed by atoms with Crippen LogP contribution in [0.2, 0.25) is 0 Å². The first kappa shape index (κ1) is 22.3. The number of ether oxygens (including phenoxy) is 1. The first-order valence-corrected chi connectivity index (χ1v) is 11.5. The van der Waals surface area contributed by atoms with Gasteiger partial charge in [0.2, 0.25) is 5.95 Å². The first-order chi connectivity index (χ1) is 17.0. The van der Waals surface area contributed by atoms with Gasteiger partial charge >= 0.3 is 6.01 Å². The Hall–Kier alpha value is -4.46. The van der Waals surface area contributed by atoms with E-state index < -0.39 is 0 Å². The number of para-hydroxylation sites is 2. The highest BCUT2D eigenvalue weighted by atomic mass is 16.5. The van der Waals surface area contributed by atoms with E-state index in [1.165, 1.54) is 11.1 Å². The van der Waals surface area contributed by atoms with Crippen LogP contribution in [-0.2, 0) is 19.4 Å². The lowest BCUT2D eigenvalue weighted by Gasteiger charge is -2.13. The molecule has 0 saturated carbocycles. The molecule has 0 unspecified atom stereocenters. The predicted octanol–water partition coefficient (Wildman–Crippen LogP) is 4.17. The van der Waals surface area contributed by atoms with E-state index in [9.17, 15) is 4.79 Å². The second-order valence-electron chi connectivity index (χ2n) is 8.53. The summed E-state index contributed by atoms with van der Waals surface area (Å²) in [4.78, 5) is 25.7. The fourth-order valence-corrected chi connectivity index (χ4v) is 4.14. The van der Waals surface area contributed by atoms with E-state index in [2.05, 4.69) is 49.9 Å². The third kappa shape index (κ3) is 5.38. The maximum atomic E-state index is 12.5. The summed E-state index contributed by atoms with van der Waals surface area (Å²) in [6.45, 7) is 2.08. The largest absolute Gasteiger partial charge is 0.458 e. The summed E-state index contributed by atoms with van der Waals surface area (Å²) in [7, 11) is 0. The number of carbonyl (C=O) groups is 1. The molecular weight excluding hydrogens is 440 g/mol. The molecule has 0 atom stereocenters. The number of hydrogen-bond acceptors (Lipinski definition) is 7. The maximum Gasteiger partial charge on any atom is 0.321 e. The third-order valence-electron chi connectivity index (χ3n) is 5.90. The van der Waals surface area contributed by atoms with E-state index in [-0.39, 0.29) is 24.6 Å². The standard InChI is InChI=1S/C27H26N6O2/c1-17-29-26(31-22-14-20-6-2-3-7-21(20)15-22)33-27(30-17)35-16-18-10-12-19(13-11-18)25(34)32-24-9-5-4-8-23(24)28/h2-13,22H,14-16,28H2,1H3,(H,32,34)(H,29,30,31,33). The average molecular weight is 467 g/mol. The number of nitrogens with two attached hydrogens (primary N) is 1. The molecule has 35 heavy (non-hydrogen) atoms. The van der Waals surface area contributed by atoms with Gasteiger partial charge in [-0.05, 0) is 60.7 Å². The summed E-state index contributed by atoms with van der Waals surface area (Å²) in [5.41, 5.74) is 11.1. The van der Waals surface area contributed by atoms with Crippen molar-refractivity contribution in [3.05, 3.63) is 101 Å². The summed E-state index contributed by atoms with van der Waals surface area (Å²) in [6.07, 6.45) is 1.88. The first-order valence-electron chi connectivity index (χ1n) is 11.5. The molecule has 0 radical (unpaired) electrons. The van der Waals surface area contributed by atoms with Crippen LogP contribution in [0, 0.1) is 6.92 Å². The van der Waals surface area contributed by atoms with Crippen molar-refractivity contribution in [2.24, 2.45) is 0 Å². The molecule has 4 aromatic rings. The number of nitrogens with zero attached hydrogens (tertiary/aromatic N) is 3. The average Bonchev–Trinajstić information content (AvgIpc) is 3.26. The molecule has 4 N–H and O–H groups in total. The van der Waals surface area contributed by atoms with Crippen LogP contribution in [0.4, 0.5) is 17.3 Å². The zero-order chi connectivity index (χ0) is 24.2. The SMILES string of the molecule is Cc1nc(NC2Cc3ccccc3C2)nc(OCc2ccc(C(=O)Nc3ccccc3N)cc2)n1. The number of anilines is 3. The van der Waals surface area contributed by atoms with E-state index in [0.29, 0.717) is 28.7 Å². The minimum atomic E-state index is -0.228. The van der Waals surface area contributed by atoms with Crippen molar-refractivity contribution >= 4 is 23.2 Å². The summed E-state index contributed by atoms with van der Waals surface area (Å²) >= 11 is 0. The number of nitrogens with one attached hydrogen (secondary N) is 2. The lowest BCUT2D eigenvalue weighted by Crippen LogP contribution is -2.21. The summed E-state index contributed by atoms with van der Waals surface area (Å²) in [6, 6.07) is 23.3. The van der Waals surface area contributed by atoms with Crippen LogP contribution in [-0.4, -0.2) is 26.9 Å². The van der Waals surface area contributed by atoms with Crippen LogP contribution in [0.5, 0.6) is 6.01 Å². The highest BCUT2D eigenvalue weighted by Gasteiger charge is 2.22. The highest BCUT2D eigenvalue weighted by molar-refractivity contribution is 6.05. The van der Waals surface area contributed by atoms with Crippen LogP contribution in [0.25, 0.3) is 0 Å². The molecule has 0 fully saturated rings. The lowest BCUT2D eigenvalue weighted by molar-refractivity contribution is 0.102. The van der Waals surface area contributed by atoms with E-state index in [0.717, 1.165) is 18.4 Å². The third-order valence-corrected chi connectivity index (χ3v) is 5.90. The van der Waals surface area contributed by atoms with Crippen LogP contribution in [0.1, 0.15) is 32.9 Å². The van der Waals surface area contributed by atoms with E-state index >= 15 is 0 Å². The molecule has 0 spiro atoms. The summed E-state index contributed by atoms with van der Waals surface area (Å²) in [5, 5.41) is 6.24. The molecule has 1 amide bonds. The van der Waals surface area contributed by atoms with Gasteiger partial charge in [-0.25, -0.2) is 0 Å². The molecule has 3 aromatic carbocycles. The quantitative estimate of drug-likeness (QED) is 0.350. The van der Waals surface area contributed by atoms with Crippen molar-refractivity contribution in [3.63, 3.8) is 0 Å². The number of carbonyl (C=O) groups excluding carboxylic acids is 1. The van der Waals surface area contributed by atoms with Gasteiger partial charge in [-0.2, -0.15) is 15.0 Å². The van der Waals surface area contributed by atoms with Gasteiger partial charge in [0.05, 0.1) is 11.4 Å². The number of nitrogen functional groups attached to an aromatic ring is 1. The number of aryl methyl sites for hydroxylation is 1. The van der Waals surface area contributed by atoms with Gasteiger partial charge in [-0.1, -0.05) is 48.5 Å². The minimum absolute atomic E-state index is 0.228. The molecule has 8 heteroatoms. The van der Waals surface area contributed by atoms with E-state index in [1.54, 1.807) is 24.3 Å². The Morgan fingerprint density at radius 3 is 2.34 bits per heavy atom. The monoisotopic (exact) mass is 466 g/mol. The number of rotatable bonds is 7. The van der Waals surface area contributed by atoms with Gasteiger partial charge in [0.15, 0.2) is 0 Å². The highest BCUT2D eigenvalue weighted by Crippen LogP contribution is 2.24. The second kappa shape index (κ2) is 9.80. The lowest BCUT2D eigenvalue weighted by atomic mass is 10.1. The Morgan fingerprint density at radius 2 is 1.63 bits per heavy atom. The van der Waals surface area contributed by atoms with E-state index in [1.807, 2.05) is 31.2 Å². The molecule has 5 rings (SSSR count). The molecular formula is C27H26N6O2. The van der Waals surface area contributed by atoms with Gasteiger partial charge in [-0.15, -0.1) is 0 Å². The van der Waals surface area contributed by atoms with Crippen molar-refractivity contribution in [2.45, 2.75) is 32.4 Å². The Balaban J connectivity index is 1.18. The van der Waals surface area contributed by atoms with Gasteiger partial charge in [-0.3, -0.25) is 4.79 Å². The number of benzene rings is 3. The zero-order valence-electron chi connectivity index (χ0n) is 19.4. The van der Waals surface area contributed by atoms with Crippen molar-refractivity contribution < 1.29 is 9.53 Å². The molecule has 0 bridgehead atoms. The molecule has 8 nitrogen and oxygen atoms in total. The van der Waals surface area contributed by atoms with Crippen molar-refractivity contribution in [2.75, 3.05) is 16.4 Å². The molecule has 0 aliphatic heterocycles. The molecule has 1 aromatic heterocycles. The van der Waals surface area contributed by atoms with Crippen LogP contribution in [0.15, 0.2) is 72.8 Å². The van der Waals surface area contributed by atoms with Gasteiger partial charge in [0.1, 0.15) is 12.4 Å². The fourth-order valence-electron chi connectivity index (χ4n) is 4.14. The fraction of sp³-hybridized carbons (Fsp3) is 0.185. The minimum Gasteiger partial charge on any atom is -0.458 e. The summed E-state index contributed by atoms with van der Waals surface area (Å²) in [5.74, 6) is 0.867. The Labute approximate surface area is 203 Å². The van der Waals surface area contributed by atoms with Gasteiger partial charge in [0, 0.05) is 11.6 Å². The topological polar surface area (TPSA) is 115 Å². The normalized spacial score (nSPS) is 12.7. The predicted molar refractivity (Wildman–Crippen MR) is 135 cm³/mol. The number of aromatic nitrogens is 3. The molecule has 1 heterocycles. The summed E-state index contributed by atoms with van der Waals surface area (Å²) < 4.78 is 5.83. The van der Waals surface area contributed by atoms with Crippen molar-refractivity contribution in [3.8, 4) is 6.01 Å². The molecule has 1 aliphatic carbocycles. The van der Waals surface area contributed by atoms with Crippen LogP contribution in [0.3, 0.4) is 0 Å². The van der Waals surface area contributed by atoms with Crippen LogP contribution >= 0.6 is 0 Å². The second-order valence-corrected chi connectivity index (χ2v) is 8.53. The number of hydrogen-bond donors (Lipinski definition) is 3. The molecule has 0 saturated heterocycles. The van der Waals surface area contributed by atoms with E-state index in [4.69, 9.17) is 10.5 Å². The van der Waals surface area contributed by atoms with Crippen molar-refractivity contribution in [1.29, 1.82) is 0 Å². The van der Waals surface area contributed by atoms with Crippen LogP contribution < -0.4 is 21.1 Å². The Kier molecular flexibility index (Phi) is 6.26. The Morgan fingerprint density at radius 1 is 0.943 bits per heavy atom. The van der Waals surface area contributed by atoms with Gasteiger partial charge < -0.3 is 21.1 Å². The van der Waals surface area contributed by atoms with Gasteiger partial charge in [0.25, 0.3) is 5.91 Å². The maximum absolute atomic E-state index is 12.5. The molecule has 176 valence electrons. The van der Waals surface area contributed by atoms with Crippen molar-refractivity contribution in [1.82, 2.24) is 15.0 Å². The Bertz CT molecular complexity index is 1330.